The Morgan fingerprint density at radius 1 is 1.03 bits per heavy atom. The molecule has 0 aliphatic rings. The van der Waals surface area contributed by atoms with E-state index in [-0.39, 0.29) is 5.78 Å². The zero-order valence-corrected chi connectivity index (χ0v) is 20.7. The second kappa shape index (κ2) is 11.4. The number of carbonyl (C=O) groups is 1. The van der Waals surface area contributed by atoms with Crippen molar-refractivity contribution in [3.63, 3.8) is 0 Å². The molecule has 3 nitrogen and oxygen atoms in total. The summed E-state index contributed by atoms with van der Waals surface area (Å²) in [6.07, 6.45) is 8.81. The molecule has 0 unspecified atom stereocenters. The number of hydrogen-bond donors (Lipinski definition) is 0. The van der Waals surface area contributed by atoms with Crippen LogP contribution in [0.1, 0.15) is 67.2 Å². The van der Waals surface area contributed by atoms with Gasteiger partial charge in [-0.3, -0.25) is 4.79 Å². The van der Waals surface area contributed by atoms with E-state index in [9.17, 15) is 4.79 Å². The minimum absolute atomic E-state index is 0.0848. The molecule has 174 valence electrons. The predicted molar refractivity (Wildman–Crippen MR) is 145 cm³/mol. The summed E-state index contributed by atoms with van der Waals surface area (Å²) < 4.78 is 5.68. The van der Waals surface area contributed by atoms with E-state index in [2.05, 4.69) is 56.5 Å². The number of allylic oxidation sites excluding steroid dienone is 2. The number of pyridine rings is 1. The third-order valence-corrected chi connectivity index (χ3v) is 5.92. The largest absolute Gasteiger partial charge is 0.494 e. The number of hydrogen-bond acceptors (Lipinski definition) is 3. The van der Waals surface area contributed by atoms with Crippen LogP contribution < -0.4 is 4.74 Å². The van der Waals surface area contributed by atoms with E-state index in [4.69, 9.17) is 9.72 Å². The van der Waals surface area contributed by atoms with Gasteiger partial charge in [0.2, 0.25) is 0 Å². The van der Waals surface area contributed by atoms with Gasteiger partial charge in [0.15, 0.2) is 11.5 Å². The summed E-state index contributed by atoms with van der Waals surface area (Å²) >= 11 is 0. The zero-order valence-electron chi connectivity index (χ0n) is 20.7. The Morgan fingerprint density at radius 3 is 2.12 bits per heavy atom. The molecule has 0 bridgehead atoms. The predicted octanol–water partition coefficient (Wildman–Crippen LogP) is 8.51. The number of Topliss-reactive ketones (excluding diaryl/α,β-unsaturated/α-hetero) is 1. The Bertz CT molecular complexity index is 1220. The molecular formula is C31H33NO2. The number of unbranched alkanes of at least 4 members (excludes halogenated alkanes) is 1. The Balaban J connectivity index is 2.01. The molecule has 0 atom stereocenters. The maximum absolute atomic E-state index is 12.5. The van der Waals surface area contributed by atoms with Crippen LogP contribution in [0.3, 0.4) is 0 Å². The van der Waals surface area contributed by atoms with E-state index in [1.807, 2.05) is 31.2 Å². The van der Waals surface area contributed by atoms with Crippen LogP contribution in [0.5, 0.6) is 5.75 Å². The van der Waals surface area contributed by atoms with Crippen LogP contribution in [0.25, 0.3) is 40.1 Å². The molecule has 0 fully saturated rings. The molecule has 3 heteroatoms. The first-order chi connectivity index (χ1) is 16.4. The van der Waals surface area contributed by atoms with Crippen molar-refractivity contribution in [3.8, 4) is 28.1 Å². The highest BCUT2D eigenvalue weighted by Gasteiger charge is 2.22. The number of carbonyl (C=O) groups excluding carboxylic acids is 1. The first-order valence-corrected chi connectivity index (χ1v) is 11.7. The van der Waals surface area contributed by atoms with Crippen molar-refractivity contribution in [2.45, 2.75) is 40.0 Å². The number of aromatic nitrogens is 1. The molecule has 1 aromatic heterocycles. The van der Waals surface area contributed by atoms with Crippen molar-refractivity contribution < 1.29 is 9.53 Å². The third kappa shape index (κ3) is 5.26. The minimum atomic E-state index is -0.0848. The van der Waals surface area contributed by atoms with Crippen LogP contribution in [-0.4, -0.2) is 17.9 Å². The molecule has 2 aromatic carbocycles. The number of methoxy groups -OCH3 is 1. The van der Waals surface area contributed by atoms with Gasteiger partial charge in [0, 0.05) is 11.1 Å². The molecule has 0 N–H and O–H groups in total. The van der Waals surface area contributed by atoms with Crippen LogP contribution in [-0.2, 0) is 0 Å². The molecule has 0 aliphatic carbocycles. The summed E-state index contributed by atoms with van der Waals surface area (Å²) in [6, 6.07) is 16.7. The molecule has 0 amide bonds. The molecule has 0 saturated carbocycles. The fourth-order valence-corrected chi connectivity index (χ4v) is 4.09. The Hall–Kier alpha value is -3.72. The Labute approximate surface area is 203 Å². The lowest BCUT2D eigenvalue weighted by Crippen LogP contribution is -2.07. The summed E-state index contributed by atoms with van der Waals surface area (Å²) in [5.74, 6) is 0.386. The zero-order chi connectivity index (χ0) is 24.7. The highest BCUT2D eigenvalue weighted by Crippen LogP contribution is 2.37. The van der Waals surface area contributed by atoms with Gasteiger partial charge in [-0.05, 0) is 55.0 Å². The summed E-state index contributed by atoms with van der Waals surface area (Å²) in [5.41, 5.74) is 8.02. The average Bonchev–Trinajstić information content (AvgIpc) is 2.86. The van der Waals surface area contributed by atoms with Crippen LogP contribution in [0, 0.1) is 0 Å². The number of ether oxygens (including phenoxy) is 1. The van der Waals surface area contributed by atoms with Gasteiger partial charge < -0.3 is 4.74 Å². The van der Waals surface area contributed by atoms with Gasteiger partial charge in [-0.1, -0.05) is 87.2 Å². The van der Waals surface area contributed by atoms with Crippen molar-refractivity contribution in [2.24, 2.45) is 0 Å². The van der Waals surface area contributed by atoms with Crippen LogP contribution in [0.15, 0.2) is 67.8 Å². The molecular weight excluding hydrogens is 418 g/mol. The fourth-order valence-electron chi connectivity index (χ4n) is 4.09. The van der Waals surface area contributed by atoms with E-state index in [1.54, 1.807) is 13.2 Å². The fraction of sp³-hybridized carbons (Fsp3) is 0.226. The number of nitrogens with zero attached hydrogens (tertiary/aromatic N) is 1. The van der Waals surface area contributed by atoms with Crippen molar-refractivity contribution >= 4 is 23.5 Å². The second-order valence-corrected chi connectivity index (χ2v) is 8.29. The first kappa shape index (κ1) is 24.9. The monoisotopic (exact) mass is 451 g/mol. The molecule has 3 rings (SSSR count). The molecule has 0 spiro atoms. The smallest absolute Gasteiger partial charge is 0.164 e. The van der Waals surface area contributed by atoms with Gasteiger partial charge in [0.05, 0.1) is 18.4 Å². The van der Waals surface area contributed by atoms with Gasteiger partial charge in [-0.15, -0.1) is 0 Å². The average molecular weight is 452 g/mol. The normalized spacial score (nSPS) is 10.9. The minimum Gasteiger partial charge on any atom is -0.494 e. The van der Waals surface area contributed by atoms with E-state index < -0.39 is 0 Å². The summed E-state index contributed by atoms with van der Waals surface area (Å²) in [5, 5.41) is 0. The van der Waals surface area contributed by atoms with Gasteiger partial charge in [-0.2, -0.15) is 0 Å². The van der Waals surface area contributed by atoms with Crippen molar-refractivity contribution in [3.05, 3.63) is 90.1 Å². The molecule has 3 aromatic rings. The summed E-state index contributed by atoms with van der Waals surface area (Å²) in [7, 11) is 1.57. The molecule has 0 aliphatic heterocycles. The SMILES string of the molecule is C=Cc1c(/C=C\C)nc(-c2ccc(-c3ccc(C(=C)CCCC)cc3)cc2)c(OC)c1C(C)=O. The lowest BCUT2D eigenvalue weighted by atomic mass is 9.95. The number of benzene rings is 2. The lowest BCUT2D eigenvalue weighted by Gasteiger charge is -2.17. The second-order valence-electron chi connectivity index (χ2n) is 8.29. The summed E-state index contributed by atoms with van der Waals surface area (Å²) in [4.78, 5) is 17.4. The highest BCUT2D eigenvalue weighted by atomic mass is 16.5. The Kier molecular flexibility index (Phi) is 8.37. The van der Waals surface area contributed by atoms with Crippen LogP contribution in [0.4, 0.5) is 0 Å². The molecule has 0 radical (unpaired) electrons. The van der Waals surface area contributed by atoms with E-state index in [0.717, 1.165) is 29.5 Å². The van der Waals surface area contributed by atoms with Gasteiger partial charge in [0.1, 0.15) is 5.69 Å². The topological polar surface area (TPSA) is 39.2 Å². The van der Waals surface area contributed by atoms with Crippen molar-refractivity contribution in [2.75, 3.05) is 7.11 Å². The van der Waals surface area contributed by atoms with Gasteiger partial charge in [0.25, 0.3) is 0 Å². The Morgan fingerprint density at radius 2 is 1.62 bits per heavy atom. The van der Waals surface area contributed by atoms with Crippen LogP contribution >= 0.6 is 0 Å². The van der Waals surface area contributed by atoms with Crippen molar-refractivity contribution in [1.82, 2.24) is 4.98 Å². The maximum Gasteiger partial charge on any atom is 0.164 e. The third-order valence-electron chi connectivity index (χ3n) is 5.92. The molecule has 1 heterocycles. The van der Waals surface area contributed by atoms with Gasteiger partial charge in [-0.25, -0.2) is 4.98 Å². The first-order valence-electron chi connectivity index (χ1n) is 11.7. The maximum atomic E-state index is 12.5. The standard InChI is InChI=1S/C31H33NO2/c1-7-10-12-21(4)23-13-15-24(16-14-23)25-17-19-26(20-18-25)30-31(34-6)29(22(5)33)27(9-3)28(32-30)11-8-2/h8-9,11,13-20H,3-4,7,10,12H2,1-2,5-6H3/b11-8-. The highest BCUT2D eigenvalue weighted by molar-refractivity contribution is 6.03. The van der Waals surface area contributed by atoms with Crippen molar-refractivity contribution in [1.29, 1.82) is 0 Å². The molecule has 34 heavy (non-hydrogen) atoms. The van der Waals surface area contributed by atoms with Crippen LogP contribution in [0.2, 0.25) is 0 Å². The number of rotatable bonds is 10. The quantitative estimate of drug-likeness (QED) is 0.290. The molecule has 0 saturated heterocycles. The van der Waals surface area contributed by atoms with Gasteiger partial charge >= 0.3 is 0 Å². The van der Waals surface area contributed by atoms with E-state index >= 15 is 0 Å². The summed E-state index contributed by atoms with van der Waals surface area (Å²) in [6.45, 7) is 13.8. The lowest BCUT2D eigenvalue weighted by molar-refractivity contribution is 0.101. The van der Waals surface area contributed by atoms with E-state index in [1.165, 1.54) is 24.5 Å². The number of ketones is 1. The van der Waals surface area contributed by atoms with E-state index in [0.29, 0.717) is 28.3 Å².